The molecular weight excluding hydrogens is 364 g/mol. The average molecular weight is 388 g/mol. The molecule has 0 aliphatic carbocycles. The second-order valence-electron chi connectivity index (χ2n) is 7.44. The molecular formula is C23H24N4O2. The van der Waals surface area contributed by atoms with E-state index in [9.17, 15) is 9.59 Å². The Bertz CT molecular complexity index is 1260. The summed E-state index contributed by atoms with van der Waals surface area (Å²) in [5, 5.41) is 0. The van der Waals surface area contributed by atoms with Crippen molar-refractivity contribution >= 4 is 11.2 Å². The zero-order valence-corrected chi connectivity index (χ0v) is 16.9. The normalized spacial score (nSPS) is 11.4. The third kappa shape index (κ3) is 3.31. The summed E-state index contributed by atoms with van der Waals surface area (Å²) in [6.07, 6.45) is 1.64. The minimum absolute atomic E-state index is 0.300. The van der Waals surface area contributed by atoms with Gasteiger partial charge in [-0.3, -0.25) is 9.36 Å². The van der Waals surface area contributed by atoms with Crippen LogP contribution >= 0.6 is 0 Å². The van der Waals surface area contributed by atoms with Gasteiger partial charge in [-0.1, -0.05) is 56.3 Å². The summed E-state index contributed by atoms with van der Waals surface area (Å²) in [4.78, 5) is 30.6. The van der Waals surface area contributed by atoms with Crippen LogP contribution in [0.25, 0.3) is 16.9 Å². The SMILES string of the molecule is CCn1c(=O)c2c(ncn2Cc2ccccc2)n(-c2ccc(C(C)C)cc2)c1=O. The monoisotopic (exact) mass is 388 g/mol. The highest BCUT2D eigenvalue weighted by Crippen LogP contribution is 2.18. The molecule has 148 valence electrons. The van der Waals surface area contributed by atoms with E-state index in [4.69, 9.17) is 0 Å². The highest BCUT2D eigenvalue weighted by molar-refractivity contribution is 5.72. The van der Waals surface area contributed by atoms with E-state index < -0.39 is 0 Å². The number of hydrogen-bond acceptors (Lipinski definition) is 3. The minimum atomic E-state index is -0.368. The van der Waals surface area contributed by atoms with Gasteiger partial charge in [-0.05, 0) is 36.1 Å². The van der Waals surface area contributed by atoms with Crippen molar-refractivity contribution in [2.45, 2.75) is 39.8 Å². The van der Waals surface area contributed by atoms with Crippen LogP contribution in [0.4, 0.5) is 0 Å². The molecule has 0 aliphatic rings. The summed E-state index contributed by atoms with van der Waals surface area (Å²) in [6, 6.07) is 17.7. The molecule has 6 nitrogen and oxygen atoms in total. The van der Waals surface area contributed by atoms with Crippen LogP contribution in [-0.2, 0) is 13.1 Å². The maximum Gasteiger partial charge on any atom is 0.337 e. The largest absolute Gasteiger partial charge is 0.337 e. The lowest BCUT2D eigenvalue weighted by Crippen LogP contribution is -2.39. The molecule has 0 bridgehead atoms. The molecule has 0 N–H and O–H groups in total. The fraction of sp³-hybridized carbons (Fsp3) is 0.261. The van der Waals surface area contributed by atoms with Crippen molar-refractivity contribution in [2.75, 3.05) is 0 Å². The van der Waals surface area contributed by atoms with Crippen molar-refractivity contribution in [3.05, 3.63) is 92.9 Å². The summed E-state index contributed by atoms with van der Waals surface area (Å²) in [5.41, 5.74) is 3.10. The van der Waals surface area contributed by atoms with Crippen LogP contribution in [0, 0.1) is 0 Å². The lowest BCUT2D eigenvalue weighted by molar-refractivity contribution is 0.655. The summed E-state index contributed by atoms with van der Waals surface area (Å²) in [7, 11) is 0. The fourth-order valence-electron chi connectivity index (χ4n) is 3.60. The summed E-state index contributed by atoms with van der Waals surface area (Å²) in [5.74, 6) is 0.399. The van der Waals surface area contributed by atoms with Gasteiger partial charge < -0.3 is 4.57 Å². The first-order valence-corrected chi connectivity index (χ1v) is 9.86. The number of benzene rings is 2. The molecule has 2 aromatic heterocycles. The van der Waals surface area contributed by atoms with Gasteiger partial charge in [0.15, 0.2) is 11.2 Å². The Labute approximate surface area is 168 Å². The molecule has 0 amide bonds. The second-order valence-corrected chi connectivity index (χ2v) is 7.44. The van der Waals surface area contributed by atoms with Crippen LogP contribution in [-0.4, -0.2) is 18.7 Å². The van der Waals surface area contributed by atoms with Crippen LogP contribution in [0.5, 0.6) is 0 Å². The Kier molecular flexibility index (Phi) is 4.92. The van der Waals surface area contributed by atoms with Crippen molar-refractivity contribution in [2.24, 2.45) is 0 Å². The van der Waals surface area contributed by atoms with Gasteiger partial charge in [-0.15, -0.1) is 0 Å². The minimum Gasteiger partial charge on any atom is -0.320 e. The summed E-state index contributed by atoms with van der Waals surface area (Å²) < 4.78 is 4.62. The van der Waals surface area contributed by atoms with Gasteiger partial charge in [-0.25, -0.2) is 14.3 Å². The molecule has 0 saturated heterocycles. The Morgan fingerprint density at radius 1 is 0.966 bits per heavy atom. The quantitative estimate of drug-likeness (QED) is 0.525. The lowest BCUT2D eigenvalue weighted by Gasteiger charge is -2.13. The van der Waals surface area contributed by atoms with Gasteiger partial charge in [0.25, 0.3) is 5.56 Å². The van der Waals surface area contributed by atoms with E-state index in [0.29, 0.717) is 35.9 Å². The number of hydrogen-bond donors (Lipinski definition) is 0. The Morgan fingerprint density at radius 2 is 1.66 bits per heavy atom. The van der Waals surface area contributed by atoms with E-state index in [1.54, 1.807) is 13.3 Å². The number of rotatable bonds is 5. The van der Waals surface area contributed by atoms with E-state index in [1.165, 1.54) is 14.7 Å². The number of imidazole rings is 1. The first kappa shape index (κ1) is 18.9. The standard InChI is InChI=1S/C23H24N4O2/c1-4-26-22(28)20-21(24-15-25(20)14-17-8-6-5-7-9-17)27(23(26)29)19-12-10-18(11-13-19)16(2)3/h5-13,15-16H,4,14H2,1-3H3. The molecule has 0 atom stereocenters. The topological polar surface area (TPSA) is 61.8 Å². The molecule has 2 aromatic carbocycles. The highest BCUT2D eigenvalue weighted by atomic mass is 16.2. The third-order valence-corrected chi connectivity index (χ3v) is 5.23. The van der Waals surface area contributed by atoms with Gasteiger partial charge in [0.05, 0.1) is 12.0 Å². The first-order chi connectivity index (χ1) is 14.0. The van der Waals surface area contributed by atoms with Crippen LogP contribution in [0.2, 0.25) is 0 Å². The molecule has 4 aromatic rings. The van der Waals surface area contributed by atoms with E-state index in [0.717, 1.165) is 5.56 Å². The van der Waals surface area contributed by atoms with Crippen LogP contribution in [0.3, 0.4) is 0 Å². The predicted octanol–water partition coefficient (Wildman–Crippen LogP) is 3.54. The number of nitrogens with zero attached hydrogens (tertiary/aromatic N) is 4. The van der Waals surface area contributed by atoms with Gasteiger partial charge >= 0.3 is 5.69 Å². The number of fused-ring (bicyclic) bond motifs is 1. The smallest absolute Gasteiger partial charge is 0.320 e. The highest BCUT2D eigenvalue weighted by Gasteiger charge is 2.18. The molecule has 0 fully saturated rings. The van der Waals surface area contributed by atoms with E-state index in [2.05, 4.69) is 18.8 Å². The molecule has 0 aliphatic heterocycles. The second kappa shape index (κ2) is 7.54. The van der Waals surface area contributed by atoms with Crippen molar-refractivity contribution in [1.82, 2.24) is 18.7 Å². The molecule has 6 heteroatoms. The van der Waals surface area contributed by atoms with Gasteiger partial charge in [0.2, 0.25) is 0 Å². The zero-order chi connectivity index (χ0) is 20.5. The summed E-state index contributed by atoms with van der Waals surface area (Å²) in [6.45, 7) is 6.87. The van der Waals surface area contributed by atoms with Crippen LogP contribution < -0.4 is 11.2 Å². The predicted molar refractivity (Wildman–Crippen MR) is 115 cm³/mol. The van der Waals surface area contributed by atoms with Crippen molar-refractivity contribution in [3.63, 3.8) is 0 Å². The van der Waals surface area contributed by atoms with Crippen LogP contribution in [0.1, 0.15) is 37.8 Å². The molecule has 0 unspecified atom stereocenters. The van der Waals surface area contributed by atoms with Gasteiger partial charge in [-0.2, -0.15) is 0 Å². The molecule has 0 radical (unpaired) electrons. The Hall–Kier alpha value is -3.41. The molecule has 0 saturated carbocycles. The third-order valence-electron chi connectivity index (χ3n) is 5.23. The van der Waals surface area contributed by atoms with E-state index in [-0.39, 0.29) is 11.2 Å². The van der Waals surface area contributed by atoms with E-state index in [1.807, 2.05) is 59.2 Å². The maximum absolute atomic E-state index is 13.1. The van der Waals surface area contributed by atoms with Gasteiger partial charge in [0.1, 0.15) is 0 Å². The van der Waals surface area contributed by atoms with Crippen molar-refractivity contribution in [1.29, 1.82) is 0 Å². The Balaban J connectivity index is 1.95. The molecule has 0 spiro atoms. The van der Waals surface area contributed by atoms with Crippen molar-refractivity contribution in [3.8, 4) is 5.69 Å². The first-order valence-electron chi connectivity index (χ1n) is 9.86. The molecule has 2 heterocycles. The number of aromatic nitrogens is 4. The van der Waals surface area contributed by atoms with Gasteiger partial charge in [0, 0.05) is 13.1 Å². The lowest BCUT2D eigenvalue weighted by atomic mass is 10.0. The maximum atomic E-state index is 13.1. The van der Waals surface area contributed by atoms with Crippen LogP contribution in [0.15, 0.2) is 70.5 Å². The molecule has 4 rings (SSSR count). The molecule has 29 heavy (non-hydrogen) atoms. The van der Waals surface area contributed by atoms with Crippen molar-refractivity contribution < 1.29 is 0 Å². The summed E-state index contributed by atoms with van der Waals surface area (Å²) >= 11 is 0. The average Bonchev–Trinajstić information content (AvgIpc) is 3.13. The van der Waals surface area contributed by atoms with E-state index >= 15 is 0 Å². The Morgan fingerprint density at radius 3 is 2.28 bits per heavy atom. The fourth-order valence-corrected chi connectivity index (χ4v) is 3.60. The zero-order valence-electron chi connectivity index (χ0n) is 16.9.